The number of sulfonamides is 1. The van der Waals surface area contributed by atoms with Gasteiger partial charge in [-0.3, -0.25) is 4.79 Å². The molecule has 27 heavy (non-hydrogen) atoms. The number of piperidine rings is 1. The Bertz CT molecular complexity index is 978. The molecule has 6 nitrogen and oxygen atoms in total. The van der Waals surface area contributed by atoms with Crippen LogP contribution >= 0.6 is 0 Å². The number of aromatic nitrogens is 1. The lowest BCUT2D eigenvalue weighted by atomic mass is 10.0. The van der Waals surface area contributed by atoms with Gasteiger partial charge in [-0.05, 0) is 49.1 Å². The normalized spacial score (nSPS) is 17.6. The van der Waals surface area contributed by atoms with Crippen molar-refractivity contribution >= 4 is 21.6 Å². The molecule has 1 aliphatic heterocycles. The van der Waals surface area contributed by atoms with E-state index in [0.717, 1.165) is 24.7 Å². The highest BCUT2D eigenvalue weighted by Gasteiger charge is 2.34. The van der Waals surface area contributed by atoms with Crippen LogP contribution in [0.15, 0.2) is 48.7 Å². The second-order valence-electron chi connectivity index (χ2n) is 6.42. The molecule has 1 fully saturated rings. The predicted octanol–water partition coefficient (Wildman–Crippen LogP) is 2.23. The standard InChI is InChI=1S/C20H21N3O3S/c1-27(25,26)23-14-5-3-10-19(23)20(24)22-18-9-6-7-16(15-18)11-12-17-8-2-4-13-21-17/h2,4,6-9,13,15,19H,3,5,10,14H2,1H3,(H,22,24). The summed E-state index contributed by atoms with van der Waals surface area (Å²) in [5.74, 6) is 5.68. The first-order valence-corrected chi connectivity index (χ1v) is 10.6. The van der Waals surface area contributed by atoms with Gasteiger partial charge in [0.25, 0.3) is 0 Å². The van der Waals surface area contributed by atoms with Gasteiger partial charge in [0.15, 0.2) is 0 Å². The van der Waals surface area contributed by atoms with Gasteiger partial charge in [0, 0.05) is 24.0 Å². The molecule has 2 heterocycles. The Morgan fingerprint density at radius 2 is 2.04 bits per heavy atom. The molecule has 1 atom stereocenters. The van der Waals surface area contributed by atoms with Crippen molar-refractivity contribution in [3.8, 4) is 11.8 Å². The second-order valence-corrected chi connectivity index (χ2v) is 8.36. The summed E-state index contributed by atoms with van der Waals surface area (Å²) in [5.41, 5.74) is 1.99. The third kappa shape index (κ3) is 5.16. The number of anilines is 1. The SMILES string of the molecule is CS(=O)(=O)N1CCCCC1C(=O)Nc1cccc(C#Cc2ccccn2)c1. The van der Waals surface area contributed by atoms with E-state index in [2.05, 4.69) is 22.1 Å². The molecule has 0 saturated carbocycles. The summed E-state index contributed by atoms with van der Waals surface area (Å²) >= 11 is 0. The second kappa shape index (κ2) is 8.33. The number of hydrogen-bond acceptors (Lipinski definition) is 4. The highest BCUT2D eigenvalue weighted by Crippen LogP contribution is 2.21. The number of nitrogens with one attached hydrogen (secondary N) is 1. The van der Waals surface area contributed by atoms with Gasteiger partial charge in [-0.25, -0.2) is 13.4 Å². The molecular formula is C20H21N3O3S. The minimum absolute atomic E-state index is 0.310. The molecule has 7 heteroatoms. The molecule has 3 rings (SSSR count). The Hall–Kier alpha value is -2.69. The van der Waals surface area contributed by atoms with Crippen LogP contribution in [0.1, 0.15) is 30.5 Å². The molecule has 1 aliphatic rings. The fourth-order valence-corrected chi connectivity index (χ4v) is 4.16. The average molecular weight is 383 g/mol. The van der Waals surface area contributed by atoms with Crippen molar-refractivity contribution in [2.24, 2.45) is 0 Å². The minimum atomic E-state index is -3.42. The van der Waals surface area contributed by atoms with E-state index in [1.807, 2.05) is 24.3 Å². The fourth-order valence-electron chi connectivity index (χ4n) is 3.04. The van der Waals surface area contributed by atoms with Crippen molar-refractivity contribution in [1.29, 1.82) is 0 Å². The zero-order valence-electron chi connectivity index (χ0n) is 15.1. The summed E-state index contributed by atoms with van der Waals surface area (Å²) in [6.07, 6.45) is 4.96. The molecule has 1 unspecified atom stereocenters. The van der Waals surface area contributed by atoms with Gasteiger partial charge in [-0.2, -0.15) is 4.31 Å². The van der Waals surface area contributed by atoms with Crippen LogP contribution in [-0.4, -0.2) is 42.5 Å². The van der Waals surface area contributed by atoms with Crippen molar-refractivity contribution in [1.82, 2.24) is 9.29 Å². The van der Waals surface area contributed by atoms with Crippen molar-refractivity contribution in [2.45, 2.75) is 25.3 Å². The summed E-state index contributed by atoms with van der Waals surface area (Å²) in [6, 6.07) is 12.0. The van der Waals surface area contributed by atoms with Crippen LogP contribution in [0.25, 0.3) is 0 Å². The summed E-state index contributed by atoms with van der Waals surface area (Å²) in [5, 5.41) is 2.82. The smallest absolute Gasteiger partial charge is 0.242 e. The monoisotopic (exact) mass is 383 g/mol. The summed E-state index contributed by atoms with van der Waals surface area (Å²) < 4.78 is 25.2. The lowest BCUT2D eigenvalue weighted by Gasteiger charge is -2.32. The van der Waals surface area contributed by atoms with E-state index >= 15 is 0 Å². The number of nitrogens with zero attached hydrogens (tertiary/aromatic N) is 2. The van der Waals surface area contributed by atoms with Gasteiger partial charge in [0.05, 0.1) is 6.26 Å². The van der Waals surface area contributed by atoms with E-state index in [0.29, 0.717) is 24.3 Å². The van der Waals surface area contributed by atoms with Crippen LogP contribution in [0.4, 0.5) is 5.69 Å². The summed E-state index contributed by atoms with van der Waals surface area (Å²) in [7, 11) is -3.42. The molecule has 0 spiro atoms. The van der Waals surface area contributed by atoms with Gasteiger partial charge >= 0.3 is 0 Å². The van der Waals surface area contributed by atoms with Crippen LogP contribution in [0, 0.1) is 11.8 Å². The number of carbonyl (C=O) groups is 1. The van der Waals surface area contributed by atoms with E-state index in [1.165, 1.54) is 4.31 Å². The number of amides is 1. The zero-order valence-corrected chi connectivity index (χ0v) is 15.9. The Morgan fingerprint density at radius 3 is 2.78 bits per heavy atom. The maximum Gasteiger partial charge on any atom is 0.242 e. The maximum atomic E-state index is 12.7. The van der Waals surface area contributed by atoms with Crippen LogP contribution in [0.3, 0.4) is 0 Å². The van der Waals surface area contributed by atoms with Crippen LogP contribution in [0.2, 0.25) is 0 Å². The Balaban J connectivity index is 1.74. The van der Waals surface area contributed by atoms with E-state index in [9.17, 15) is 13.2 Å². The number of carbonyl (C=O) groups excluding carboxylic acids is 1. The van der Waals surface area contributed by atoms with Gasteiger partial charge < -0.3 is 5.32 Å². The molecule has 2 aromatic rings. The first kappa shape index (κ1) is 19.1. The molecule has 1 N–H and O–H groups in total. The largest absolute Gasteiger partial charge is 0.325 e. The highest BCUT2D eigenvalue weighted by atomic mass is 32.2. The first-order valence-electron chi connectivity index (χ1n) is 8.74. The molecular weight excluding hydrogens is 362 g/mol. The van der Waals surface area contributed by atoms with Gasteiger partial charge in [-0.15, -0.1) is 0 Å². The summed E-state index contributed by atoms with van der Waals surface area (Å²) in [6.45, 7) is 0.381. The Kier molecular flexibility index (Phi) is 5.89. The van der Waals surface area contributed by atoms with Crippen molar-refractivity contribution in [3.63, 3.8) is 0 Å². The van der Waals surface area contributed by atoms with Crippen molar-refractivity contribution in [2.75, 3.05) is 18.1 Å². The highest BCUT2D eigenvalue weighted by molar-refractivity contribution is 7.88. The van der Waals surface area contributed by atoms with Gasteiger partial charge in [-0.1, -0.05) is 24.5 Å². The molecule has 0 aliphatic carbocycles. The third-order valence-corrected chi connectivity index (χ3v) is 5.60. The lowest BCUT2D eigenvalue weighted by molar-refractivity contribution is -0.120. The summed E-state index contributed by atoms with van der Waals surface area (Å²) in [4.78, 5) is 16.8. The Morgan fingerprint density at radius 1 is 1.19 bits per heavy atom. The number of hydrogen-bond donors (Lipinski definition) is 1. The molecule has 1 amide bonds. The molecule has 1 saturated heterocycles. The van der Waals surface area contributed by atoms with Crippen molar-refractivity contribution < 1.29 is 13.2 Å². The van der Waals surface area contributed by atoms with E-state index < -0.39 is 16.1 Å². The topological polar surface area (TPSA) is 79.4 Å². The molecule has 140 valence electrons. The van der Waals surface area contributed by atoms with E-state index in [4.69, 9.17) is 0 Å². The molecule has 1 aromatic carbocycles. The van der Waals surface area contributed by atoms with Crippen LogP contribution in [-0.2, 0) is 14.8 Å². The molecule has 0 bridgehead atoms. The number of benzene rings is 1. The molecule has 1 aromatic heterocycles. The quantitative estimate of drug-likeness (QED) is 0.825. The average Bonchev–Trinajstić information content (AvgIpc) is 2.67. The van der Waals surface area contributed by atoms with Gasteiger partial charge in [0.2, 0.25) is 15.9 Å². The maximum absolute atomic E-state index is 12.7. The lowest BCUT2D eigenvalue weighted by Crippen LogP contribution is -2.49. The van der Waals surface area contributed by atoms with Crippen molar-refractivity contribution in [3.05, 3.63) is 59.9 Å². The van der Waals surface area contributed by atoms with E-state index in [1.54, 1.807) is 24.4 Å². The van der Waals surface area contributed by atoms with Gasteiger partial charge in [0.1, 0.15) is 11.7 Å². The number of pyridine rings is 1. The third-order valence-electron chi connectivity index (χ3n) is 4.31. The predicted molar refractivity (Wildman–Crippen MR) is 104 cm³/mol. The van der Waals surface area contributed by atoms with E-state index in [-0.39, 0.29) is 5.91 Å². The fraction of sp³-hybridized carbons (Fsp3) is 0.300. The minimum Gasteiger partial charge on any atom is -0.325 e. The van der Waals surface area contributed by atoms with Crippen LogP contribution < -0.4 is 5.32 Å². The zero-order chi connectivity index (χ0) is 19.3. The Labute approximate surface area is 159 Å². The van der Waals surface area contributed by atoms with Crippen LogP contribution in [0.5, 0.6) is 0 Å². The first-order chi connectivity index (χ1) is 12.9. The molecule has 0 radical (unpaired) electrons. The number of rotatable bonds is 3.